The van der Waals surface area contributed by atoms with Crippen molar-refractivity contribution in [2.24, 2.45) is 0 Å². The van der Waals surface area contributed by atoms with Crippen molar-refractivity contribution in [2.75, 3.05) is 18.9 Å². The van der Waals surface area contributed by atoms with Gasteiger partial charge in [0.15, 0.2) is 0 Å². The topological polar surface area (TPSA) is 92.7 Å². The van der Waals surface area contributed by atoms with E-state index in [-0.39, 0.29) is 25.3 Å². The van der Waals surface area contributed by atoms with Gasteiger partial charge in [0.05, 0.1) is 16.8 Å². The summed E-state index contributed by atoms with van der Waals surface area (Å²) < 4.78 is 38.3. The molecule has 0 unspecified atom stereocenters. The third kappa shape index (κ3) is 5.68. The van der Waals surface area contributed by atoms with Gasteiger partial charge < -0.3 is 10.6 Å². The van der Waals surface area contributed by atoms with Gasteiger partial charge in [0.2, 0.25) is 0 Å². The molecule has 7 nitrogen and oxygen atoms in total. The molecule has 4 aromatic rings. The van der Waals surface area contributed by atoms with Gasteiger partial charge in [0, 0.05) is 48.9 Å². The number of anilines is 1. The molecule has 0 bridgehead atoms. The lowest BCUT2D eigenvalue weighted by molar-refractivity contribution is -0.141. The van der Waals surface area contributed by atoms with Crippen LogP contribution in [0.3, 0.4) is 0 Å². The molecule has 2 N–H and O–H groups in total. The first-order valence-corrected chi connectivity index (χ1v) is 10.5. The van der Waals surface area contributed by atoms with Crippen molar-refractivity contribution in [3.05, 3.63) is 78.0 Å². The molecule has 0 fully saturated rings. The van der Waals surface area contributed by atoms with Crippen LogP contribution in [-0.2, 0) is 6.18 Å². The predicted molar refractivity (Wildman–Crippen MR) is 133 cm³/mol. The summed E-state index contributed by atoms with van der Waals surface area (Å²) in [6.45, 7) is 2.53. The minimum Gasteiger partial charge on any atom is -0.369 e. The standard InChI is InChI=1S/C24H21F3N6O.H2S/c1-14(16-4-3-5-17-18(23(34)28-2)8-9-29-22(16)17)11-31-21-10-19(32-13-33-21)15-6-7-20(30-12-15)24(25,26)27;/h3-10,12-14H,11H2,1-2H3,(H,28,34)(H,31,32,33);1H2/t14-;/m1./s1. The number of nitrogens with one attached hydrogen (secondary N) is 2. The van der Waals surface area contributed by atoms with Crippen molar-refractivity contribution < 1.29 is 18.0 Å². The first-order valence-electron chi connectivity index (χ1n) is 10.5. The lowest BCUT2D eigenvalue weighted by atomic mass is 9.96. The third-order valence-corrected chi connectivity index (χ3v) is 5.41. The first kappa shape index (κ1) is 25.9. The number of pyridine rings is 2. The SMILES string of the molecule is CNC(=O)c1ccnc2c([C@H](C)CNc3cc(-c4ccc(C(F)(F)F)nc4)ncn3)cccc12.S. The Bertz CT molecular complexity index is 1330. The number of hydrogen-bond acceptors (Lipinski definition) is 6. The monoisotopic (exact) mass is 500 g/mol. The fourth-order valence-corrected chi connectivity index (χ4v) is 3.62. The Hall–Kier alpha value is -3.73. The van der Waals surface area contributed by atoms with Crippen LogP contribution in [0.4, 0.5) is 19.0 Å². The van der Waals surface area contributed by atoms with Crippen LogP contribution in [0, 0.1) is 0 Å². The summed E-state index contributed by atoms with van der Waals surface area (Å²) >= 11 is 0. The average molecular weight is 501 g/mol. The quantitative estimate of drug-likeness (QED) is 0.395. The van der Waals surface area contributed by atoms with Crippen LogP contribution >= 0.6 is 13.5 Å². The van der Waals surface area contributed by atoms with Crippen LogP contribution in [0.25, 0.3) is 22.2 Å². The maximum absolute atomic E-state index is 12.8. The lowest BCUT2D eigenvalue weighted by Gasteiger charge is -2.16. The molecular weight excluding hydrogens is 477 g/mol. The number of benzene rings is 1. The molecule has 0 aliphatic carbocycles. The van der Waals surface area contributed by atoms with Crippen molar-refractivity contribution in [3.8, 4) is 11.3 Å². The summed E-state index contributed by atoms with van der Waals surface area (Å²) in [6, 6.07) is 11.3. The Labute approximate surface area is 206 Å². The van der Waals surface area contributed by atoms with Crippen molar-refractivity contribution in [2.45, 2.75) is 19.0 Å². The van der Waals surface area contributed by atoms with Gasteiger partial charge >= 0.3 is 6.18 Å². The normalized spacial score (nSPS) is 12.0. The molecule has 1 amide bonds. The smallest absolute Gasteiger partial charge is 0.369 e. The second-order valence-corrected chi connectivity index (χ2v) is 7.68. The van der Waals surface area contributed by atoms with Crippen LogP contribution in [0.1, 0.15) is 34.5 Å². The second-order valence-electron chi connectivity index (χ2n) is 7.68. The van der Waals surface area contributed by atoms with Crippen LogP contribution in [-0.4, -0.2) is 39.4 Å². The Morgan fingerprint density at radius 2 is 1.86 bits per heavy atom. The summed E-state index contributed by atoms with van der Waals surface area (Å²) in [5.41, 5.74) is 2.22. The summed E-state index contributed by atoms with van der Waals surface area (Å²) in [5.74, 6) is 0.361. The van der Waals surface area contributed by atoms with Gasteiger partial charge in [-0.05, 0) is 23.8 Å². The number of aromatic nitrogens is 4. The van der Waals surface area contributed by atoms with E-state index in [2.05, 4.69) is 30.6 Å². The van der Waals surface area contributed by atoms with E-state index in [1.807, 2.05) is 25.1 Å². The average Bonchev–Trinajstić information content (AvgIpc) is 2.85. The molecule has 35 heavy (non-hydrogen) atoms. The highest BCUT2D eigenvalue weighted by Crippen LogP contribution is 2.29. The number of hydrogen-bond donors (Lipinski definition) is 2. The lowest BCUT2D eigenvalue weighted by Crippen LogP contribution is -2.18. The molecule has 3 aromatic heterocycles. The van der Waals surface area contributed by atoms with E-state index in [1.165, 1.54) is 12.4 Å². The number of para-hydroxylation sites is 1. The fourth-order valence-electron chi connectivity index (χ4n) is 3.62. The summed E-state index contributed by atoms with van der Waals surface area (Å²) in [4.78, 5) is 28.5. The van der Waals surface area contributed by atoms with Gasteiger partial charge in [-0.1, -0.05) is 25.1 Å². The van der Waals surface area contributed by atoms with E-state index >= 15 is 0 Å². The first-order chi connectivity index (χ1) is 16.3. The van der Waals surface area contributed by atoms with Gasteiger partial charge in [-0.2, -0.15) is 26.7 Å². The molecule has 1 aromatic carbocycles. The number of rotatable bonds is 6. The molecule has 182 valence electrons. The Morgan fingerprint density at radius 3 is 2.54 bits per heavy atom. The number of amides is 1. The molecule has 0 spiro atoms. The summed E-state index contributed by atoms with van der Waals surface area (Å²) in [6.07, 6.45) is -0.394. The molecular formula is C24H23F3N6OS. The van der Waals surface area contributed by atoms with E-state index in [0.717, 1.165) is 28.7 Å². The molecule has 11 heteroatoms. The largest absolute Gasteiger partial charge is 0.433 e. The number of nitrogens with zero attached hydrogens (tertiary/aromatic N) is 4. The van der Waals surface area contributed by atoms with Crippen molar-refractivity contribution in [1.82, 2.24) is 25.3 Å². The van der Waals surface area contributed by atoms with Crippen LogP contribution < -0.4 is 10.6 Å². The highest BCUT2D eigenvalue weighted by atomic mass is 32.1. The zero-order valence-corrected chi connectivity index (χ0v) is 19.9. The van der Waals surface area contributed by atoms with Gasteiger partial charge in [-0.15, -0.1) is 0 Å². The summed E-state index contributed by atoms with van der Waals surface area (Å²) in [5, 5.41) is 6.66. The van der Waals surface area contributed by atoms with Crippen molar-refractivity contribution in [3.63, 3.8) is 0 Å². The molecule has 0 saturated carbocycles. The number of alkyl halides is 3. The van der Waals surface area contributed by atoms with Crippen LogP contribution in [0.2, 0.25) is 0 Å². The van der Waals surface area contributed by atoms with Crippen molar-refractivity contribution in [1.29, 1.82) is 0 Å². The number of halogens is 3. The van der Waals surface area contributed by atoms with Crippen LogP contribution in [0.15, 0.2) is 61.2 Å². The van der Waals surface area contributed by atoms with Gasteiger partial charge in [-0.25, -0.2) is 9.97 Å². The number of carbonyl (C=O) groups excluding carboxylic acids is 1. The zero-order chi connectivity index (χ0) is 24.3. The van der Waals surface area contributed by atoms with E-state index < -0.39 is 11.9 Å². The molecule has 0 radical (unpaired) electrons. The maximum Gasteiger partial charge on any atom is 0.433 e. The Kier molecular flexibility index (Phi) is 7.90. The Morgan fingerprint density at radius 1 is 1.06 bits per heavy atom. The van der Waals surface area contributed by atoms with Crippen LogP contribution in [0.5, 0.6) is 0 Å². The number of carbonyl (C=O) groups is 1. The molecule has 4 rings (SSSR count). The predicted octanol–water partition coefficient (Wildman–Crippen LogP) is 4.79. The Balaban J connectivity index is 0.00000342. The van der Waals surface area contributed by atoms with E-state index in [4.69, 9.17) is 0 Å². The van der Waals surface area contributed by atoms with Gasteiger partial charge in [-0.3, -0.25) is 14.8 Å². The highest BCUT2D eigenvalue weighted by molar-refractivity contribution is 7.59. The van der Waals surface area contributed by atoms with Gasteiger partial charge in [0.25, 0.3) is 5.91 Å². The molecule has 0 saturated heterocycles. The second kappa shape index (κ2) is 10.7. The minimum atomic E-state index is -4.50. The molecule has 0 aliphatic heterocycles. The number of fused-ring (bicyclic) bond motifs is 1. The minimum absolute atomic E-state index is 0. The van der Waals surface area contributed by atoms with E-state index in [9.17, 15) is 18.0 Å². The summed E-state index contributed by atoms with van der Waals surface area (Å²) in [7, 11) is 1.59. The molecule has 1 atom stereocenters. The van der Waals surface area contributed by atoms with E-state index in [1.54, 1.807) is 25.4 Å². The van der Waals surface area contributed by atoms with Crippen molar-refractivity contribution >= 4 is 36.1 Å². The van der Waals surface area contributed by atoms with Gasteiger partial charge in [0.1, 0.15) is 17.8 Å². The van der Waals surface area contributed by atoms with E-state index in [0.29, 0.717) is 29.2 Å². The molecule has 0 aliphatic rings. The highest BCUT2D eigenvalue weighted by Gasteiger charge is 2.32. The third-order valence-electron chi connectivity index (χ3n) is 5.41. The fraction of sp³-hybridized carbons (Fsp3) is 0.208. The maximum atomic E-state index is 12.8. The molecule has 3 heterocycles. The zero-order valence-electron chi connectivity index (χ0n) is 18.9.